The molecule has 2 saturated heterocycles. The van der Waals surface area contributed by atoms with Gasteiger partial charge < -0.3 is 20.3 Å². The third-order valence-electron chi connectivity index (χ3n) is 5.72. The lowest BCUT2D eigenvalue weighted by atomic mass is 9.96. The molecule has 1 amide bonds. The van der Waals surface area contributed by atoms with Crippen molar-refractivity contribution in [1.29, 1.82) is 0 Å². The molecular formula is C21H27N7O2S. The van der Waals surface area contributed by atoms with Gasteiger partial charge in [0.05, 0.1) is 28.0 Å². The van der Waals surface area contributed by atoms with Crippen LogP contribution in [0.1, 0.15) is 45.7 Å². The number of anilines is 3. The van der Waals surface area contributed by atoms with Gasteiger partial charge in [-0.2, -0.15) is 10.1 Å². The fraction of sp³-hybridized carbons (Fsp3) is 0.524. The summed E-state index contributed by atoms with van der Waals surface area (Å²) in [6.45, 7) is 7.63. The molecule has 2 fully saturated rings. The molecule has 3 atom stereocenters. The summed E-state index contributed by atoms with van der Waals surface area (Å²) >= 11 is 1.59. The van der Waals surface area contributed by atoms with Crippen LogP contribution in [0.15, 0.2) is 17.5 Å². The molecule has 2 aliphatic heterocycles. The quantitative estimate of drug-likeness (QED) is 0.550. The Morgan fingerprint density at radius 1 is 1.32 bits per heavy atom. The number of carbonyl (C=O) groups excluding carboxylic acids is 1. The Labute approximate surface area is 184 Å². The number of thiophene rings is 1. The molecule has 10 heteroatoms. The molecule has 3 aromatic rings. The molecule has 0 radical (unpaired) electrons. The van der Waals surface area contributed by atoms with Crippen LogP contribution in [0.2, 0.25) is 0 Å². The lowest BCUT2D eigenvalue weighted by molar-refractivity contribution is 0.0214. The van der Waals surface area contributed by atoms with E-state index in [1.807, 2.05) is 50.1 Å². The van der Waals surface area contributed by atoms with Crippen LogP contribution in [0.3, 0.4) is 0 Å². The Morgan fingerprint density at radius 3 is 2.90 bits per heavy atom. The Morgan fingerprint density at radius 2 is 2.16 bits per heavy atom. The molecule has 2 unspecified atom stereocenters. The predicted molar refractivity (Wildman–Crippen MR) is 121 cm³/mol. The summed E-state index contributed by atoms with van der Waals surface area (Å²) in [6.07, 6.45) is 2.62. The number of aromatic amines is 1. The molecule has 0 spiro atoms. The Bertz CT molecular complexity index is 1120. The van der Waals surface area contributed by atoms with Crippen molar-refractivity contribution in [1.82, 2.24) is 25.1 Å². The summed E-state index contributed by atoms with van der Waals surface area (Å²) < 4.78 is 6.63. The van der Waals surface area contributed by atoms with Gasteiger partial charge in [0.2, 0.25) is 5.95 Å². The number of hydrogen-bond donors (Lipinski definition) is 3. The minimum absolute atomic E-state index is 0.0910. The van der Waals surface area contributed by atoms with Crippen molar-refractivity contribution in [3.8, 4) is 0 Å². The van der Waals surface area contributed by atoms with Crippen molar-refractivity contribution < 1.29 is 9.53 Å². The summed E-state index contributed by atoms with van der Waals surface area (Å²) in [7, 11) is 0. The van der Waals surface area contributed by atoms with Crippen molar-refractivity contribution in [2.24, 2.45) is 0 Å². The summed E-state index contributed by atoms with van der Waals surface area (Å²) in [4.78, 5) is 24.1. The van der Waals surface area contributed by atoms with E-state index in [1.165, 1.54) is 0 Å². The normalized spacial score (nSPS) is 22.8. The number of amides is 1. The lowest BCUT2D eigenvalue weighted by Gasteiger charge is -2.28. The van der Waals surface area contributed by atoms with E-state index in [-0.39, 0.29) is 24.2 Å². The number of rotatable bonds is 4. The van der Waals surface area contributed by atoms with E-state index in [9.17, 15) is 4.79 Å². The van der Waals surface area contributed by atoms with E-state index in [0.717, 1.165) is 46.8 Å². The zero-order chi connectivity index (χ0) is 21.8. The standard InChI is InChI=1S/C21H27N7O2S/c1-11-9-16(27-26-11)24-18-17-13(7-8-31-17)22-19(25-18)23-14-10-12-5-6-15(14)28(12)20(29)30-21(2,3)4/h7-9,12,14-15H,5-6,10H2,1-4H3,(H3,22,23,24,25,26,27)/t12?,14-,15?/m1/s1. The highest BCUT2D eigenvalue weighted by molar-refractivity contribution is 7.17. The van der Waals surface area contributed by atoms with Crippen LogP contribution in [0.5, 0.6) is 0 Å². The van der Waals surface area contributed by atoms with Gasteiger partial charge in [0.25, 0.3) is 0 Å². The number of aromatic nitrogens is 4. The maximum Gasteiger partial charge on any atom is 0.410 e. The first kappa shape index (κ1) is 20.0. The summed E-state index contributed by atoms with van der Waals surface area (Å²) in [5.41, 5.74) is 1.29. The highest BCUT2D eigenvalue weighted by Gasteiger charge is 2.50. The van der Waals surface area contributed by atoms with Crippen LogP contribution in [0, 0.1) is 6.92 Å². The molecule has 0 saturated carbocycles. The maximum atomic E-state index is 12.7. The zero-order valence-corrected chi connectivity index (χ0v) is 18.9. The summed E-state index contributed by atoms with van der Waals surface area (Å²) in [5.74, 6) is 2.08. The molecule has 2 aliphatic rings. The number of carbonyl (C=O) groups is 1. The molecule has 31 heavy (non-hydrogen) atoms. The molecule has 3 aromatic heterocycles. The molecule has 9 nitrogen and oxygen atoms in total. The minimum atomic E-state index is -0.499. The van der Waals surface area contributed by atoms with Gasteiger partial charge in [0.1, 0.15) is 11.4 Å². The first-order chi connectivity index (χ1) is 14.8. The van der Waals surface area contributed by atoms with E-state index in [4.69, 9.17) is 14.7 Å². The molecule has 164 valence electrons. The smallest absolute Gasteiger partial charge is 0.410 e. The van der Waals surface area contributed by atoms with Crippen LogP contribution in [-0.4, -0.2) is 54.9 Å². The van der Waals surface area contributed by atoms with Crippen LogP contribution in [0.25, 0.3) is 10.2 Å². The number of fused-ring (bicyclic) bond motifs is 3. The van der Waals surface area contributed by atoms with Gasteiger partial charge in [0.15, 0.2) is 5.82 Å². The second-order valence-electron chi connectivity index (χ2n) is 9.25. The number of nitrogens with zero attached hydrogens (tertiary/aromatic N) is 4. The van der Waals surface area contributed by atoms with Gasteiger partial charge in [-0.3, -0.25) is 5.10 Å². The topological polar surface area (TPSA) is 108 Å². The van der Waals surface area contributed by atoms with Gasteiger partial charge in [-0.05, 0) is 58.4 Å². The molecule has 5 heterocycles. The molecule has 0 aliphatic carbocycles. The highest BCUT2D eigenvalue weighted by Crippen LogP contribution is 2.40. The molecule has 3 N–H and O–H groups in total. The van der Waals surface area contributed by atoms with Gasteiger partial charge >= 0.3 is 6.09 Å². The average Bonchev–Trinajstić information content (AvgIpc) is 3.44. The third kappa shape index (κ3) is 3.91. The SMILES string of the molecule is Cc1cc(Nc2nc(N[C@@H]3CC4CCC3N4C(=O)OC(C)(C)C)nc3ccsc23)[nH]n1. The third-order valence-corrected chi connectivity index (χ3v) is 6.63. The zero-order valence-electron chi connectivity index (χ0n) is 18.1. The van der Waals surface area contributed by atoms with Crippen LogP contribution < -0.4 is 10.6 Å². The van der Waals surface area contributed by atoms with Gasteiger partial charge in [-0.25, -0.2) is 9.78 Å². The molecule has 0 aromatic carbocycles. The van der Waals surface area contributed by atoms with Gasteiger partial charge in [-0.1, -0.05) is 0 Å². The Balaban J connectivity index is 1.37. The second-order valence-corrected chi connectivity index (χ2v) is 10.2. The maximum absolute atomic E-state index is 12.7. The number of aryl methyl sites for hydroxylation is 1. The van der Waals surface area contributed by atoms with Gasteiger partial charge in [0, 0.05) is 12.1 Å². The van der Waals surface area contributed by atoms with Crippen LogP contribution in [-0.2, 0) is 4.74 Å². The van der Waals surface area contributed by atoms with E-state index in [0.29, 0.717) is 5.95 Å². The van der Waals surface area contributed by atoms with Crippen molar-refractivity contribution >= 4 is 45.2 Å². The van der Waals surface area contributed by atoms with Crippen LogP contribution >= 0.6 is 11.3 Å². The van der Waals surface area contributed by atoms with E-state index < -0.39 is 5.60 Å². The molecule has 5 rings (SSSR count). The van der Waals surface area contributed by atoms with E-state index in [2.05, 4.69) is 20.8 Å². The van der Waals surface area contributed by atoms with Crippen molar-refractivity contribution in [3.63, 3.8) is 0 Å². The molecular weight excluding hydrogens is 414 g/mol. The predicted octanol–water partition coefficient (Wildman–Crippen LogP) is 4.42. The molecule has 2 bridgehead atoms. The first-order valence-electron chi connectivity index (χ1n) is 10.6. The highest BCUT2D eigenvalue weighted by atomic mass is 32.1. The fourth-order valence-electron chi connectivity index (χ4n) is 4.54. The number of hydrogen-bond acceptors (Lipinski definition) is 8. The van der Waals surface area contributed by atoms with Crippen molar-refractivity contribution in [2.45, 2.75) is 70.7 Å². The number of H-pyrrole nitrogens is 1. The van der Waals surface area contributed by atoms with Crippen LogP contribution in [0.4, 0.5) is 22.4 Å². The largest absolute Gasteiger partial charge is 0.444 e. The van der Waals surface area contributed by atoms with E-state index >= 15 is 0 Å². The monoisotopic (exact) mass is 441 g/mol. The number of ether oxygens (including phenoxy) is 1. The van der Waals surface area contributed by atoms with Gasteiger partial charge in [-0.15, -0.1) is 11.3 Å². The first-order valence-corrected chi connectivity index (χ1v) is 11.5. The summed E-state index contributed by atoms with van der Waals surface area (Å²) in [5, 5.41) is 16.0. The Hall–Kier alpha value is -2.88. The van der Waals surface area contributed by atoms with Crippen molar-refractivity contribution in [2.75, 3.05) is 10.6 Å². The Kier molecular flexibility index (Phi) is 4.76. The minimum Gasteiger partial charge on any atom is -0.444 e. The van der Waals surface area contributed by atoms with Crippen molar-refractivity contribution in [3.05, 3.63) is 23.2 Å². The van der Waals surface area contributed by atoms with E-state index in [1.54, 1.807) is 11.3 Å². The average molecular weight is 442 g/mol. The second kappa shape index (κ2) is 7.37. The number of nitrogens with one attached hydrogen (secondary N) is 3. The summed E-state index contributed by atoms with van der Waals surface area (Å²) in [6, 6.07) is 4.32. The lowest BCUT2D eigenvalue weighted by Crippen LogP contribution is -2.42. The fourth-order valence-corrected chi connectivity index (χ4v) is 5.31.